The molecule has 170 valence electrons. The molecule has 1 unspecified atom stereocenters. The number of aliphatic hydroxyl groups excluding tert-OH is 1. The molecule has 1 aromatic heterocycles. The van der Waals surface area contributed by atoms with E-state index in [0.717, 1.165) is 39.7 Å². The molecule has 3 rings (SSSR count). The molecule has 0 spiro atoms. The second kappa shape index (κ2) is 10.9. The first kappa shape index (κ1) is 24.1. The van der Waals surface area contributed by atoms with Crippen LogP contribution in [0.15, 0.2) is 42.5 Å². The molecule has 2 aromatic carbocycles. The highest BCUT2D eigenvalue weighted by Gasteiger charge is 2.20. The van der Waals surface area contributed by atoms with Crippen LogP contribution in [0.3, 0.4) is 0 Å². The van der Waals surface area contributed by atoms with Crippen molar-refractivity contribution in [2.24, 2.45) is 7.05 Å². The minimum absolute atomic E-state index is 0.0772. The summed E-state index contributed by atoms with van der Waals surface area (Å²) in [5.41, 5.74) is 4.02. The first-order valence-corrected chi connectivity index (χ1v) is 11.4. The maximum Gasteiger partial charge on any atom is 0.268 e. The van der Waals surface area contributed by atoms with E-state index in [1.807, 2.05) is 61.0 Å². The lowest BCUT2D eigenvalue weighted by atomic mass is 10.0. The highest BCUT2D eigenvalue weighted by atomic mass is 35.5. The van der Waals surface area contributed by atoms with Gasteiger partial charge >= 0.3 is 0 Å². The molecule has 9 heteroatoms. The van der Waals surface area contributed by atoms with Crippen LogP contribution in [0.5, 0.6) is 0 Å². The van der Waals surface area contributed by atoms with Crippen molar-refractivity contribution in [2.75, 3.05) is 6.54 Å². The van der Waals surface area contributed by atoms with E-state index < -0.39 is 0 Å². The Labute approximate surface area is 196 Å². The largest absolute Gasteiger partial charge is 0.392 e. The van der Waals surface area contributed by atoms with E-state index >= 15 is 0 Å². The van der Waals surface area contributed by atoms with E-state index in [2.05, 4.69) is 14.8 Å². The van der Waals surface area contributed by atoms with Crippen LogP contribution in [0, 0.1) is 6.92 Å². The van der Waals surface area contributed by atoms with Crippen molar-refractivity contribution < 1.29 is 14.7 Å². The fourth-order valence-corrected chi connectivity index (χ4v) is 4.18. The average molecular weight is 475 g/mol. The number of aliphatic hydroxyl groups is 1. The van der Waals surface area contributed by atoms with Crippen LogP contribution in [-0.4, -0.2) is 28.0 Å². The van der Waals surface area contributed by atoms with Crippen molar-refractivity contribution in [3.8, 4) is 0 Å². The summed E-state index contributed by atoms with van der Waals surface area (Å²) < 4.78 is 7.51. The molecule has 7 nitrogen and oxygen atoms in total. The Morgan fingerprint density at radius 1 is 1.22 bits per heavy atom. The SMILES string of the molecule is CC(=O)NSNCCC(NC(=O)c1cc2c(Cl)c(C)ccc2n1C)c1cccc(CO)c1. The van der Waals surface area contributed by atoms with Gasteiger partial charge in [-0.15, -0.1) is 0 Å². The summed E-state index contributed by atoms with van der Waals surface area (Å²) in [6.07, 6.45) is 0.580. The molecule has 4 N–H and O–H groups in total. The molecule has 3 aromatic rings. The van der Waals surface area contributed by atoms with E-state index in [-0.39, 0.29) is 24.5 Å². The topological polar surface area (TPSA) is 95.4 Å². The van der Waals surface area contributed by atoms with Crippen LogP contribution >= 0.6 is 23.7 Å². The minimum atomic E-state index is -0.297. The van der Waals surface area contributed by atoms with Crippen LogP contribution in [-0.2, 0) is 18.4 Å². The Hall–Kier alpha value is -2.52. The third-order valence-electron chi connectivity index (χ3n) is 5.23. The zero-order valence-electron chi connectivity index (χ0n) is 18.2. The third kappa shape index (κ3) is 5.63. The second-order valence-corrected chi connectivity index (χ2v) is 8.67. The smallest absolute Gasteiger partial charge is 0.268 e. The van der Waals surface area contributed by atoms with E-state index in [0.29, 0.717) is 23.7 Å². The molecule has 0 saturated carbocycles. The summed E-state index contributed by atoms with van der Waals surface area (Å²) in [7, 11) is 1.84. The summed E-state index contributed by atoms with van der Waals surface area (Å²) in [5, 5.41) is 14.1. The lowest BCUT2D eigenvalue weighted by molar-refractivity contribution is -0.117. The molecular formula is C23H27ClN4O3S. The van der Waals surface area contributed by atoms with Gasteiger partial charge in [-0.2, -0.15) is 0 Å². The lowest BCUT2D eigenvalue weighted by Crippen LogP contribution is -2.32. The highest BCUT2D eigenvalue weighted by molar-refractivity contribution is 7.96. The van der Waals surface area contributed by atoms with Crippen LogP contribution in [0.1, 0.15) is 46.6 Å². The monoisotopic (exact) mass is 474 g/mol. The number of carbonyl (C=O) groups is 2. The Morgan fingerprint density at radius 3 is 2.72 bits per heavy atom. The normalized spacial score (nSPS) is 12.0. The van der Waals surface area contributed by atoms with Gasteiger partial charge in [-0.3, -0.25) is 14.3 Å². The second-order valence-electron chi connectivity index (χ2n) is 7.59. The third-order valence-corrected chi connectivity index (χ3v) is 6.47. The predicted octanol–water partition coefficient (Wildman–Crippen LogP) is 3.78. The van der Waals surface area contributed by atoms with Crippen LogP contribution < -0.4 is 14.8 Å². The molecule has 0 aliphatic heterocycles. The molecule has 2 amide bonds. The number of hydrogen-bond acceptors (Lipinski definition) is 5. The fourth-order valence-electron chi connectivity index (χ4n) is 3.53. The number of halogens is 1. The molecule has 0 aliphatic rings. The van der Waals surface area contributed by atoms with Crippen LogP contribution in [0.4, 0.5) is 0 Å². The Morgan fingerprint density at radius 2 is 2.00 bits per heavy atom. The van der Waals surface area contributed by atoms with Gasteiger partial charge in [0.15, 0.2) is 0 Å². The average Bonchev–Trinajstić information content (AvgIpc) is 3.12. The summed E-state index contributed by atoms with van der Waals surface area (Å²) in [6, 6.07) is 12.9. The predicted molar refractivity (Wildman–Crippen MR) is 129 cm³/mol. The number of aromatic nitrogens is 1. The molecule has 0 fully saturated rings. The number of hydrogen-bond donors (Lipinski definition) is 4. The van der Waals surface area contributed by atoms with Gasteiger partial charge in [0.05, 0.1) is 17.7 Å². The summed E-state index contributed by atoms with van der Waals surface area (Å²) in [4.78, 5) is 24.3. The fraction of sp³-hybridized carbons (Fsp3) is 0.304. The van der Waals surface area contributed by atoms with E-state index in [9.17, 15) is 14.7 Å². The van der Waals surface area contributed by atoms with Gasteiger partial charge in [0.25, 0.3) is 5.91 Å². The summed E-state index contributed by atoms with van der Waals surface area (Å²) in [5.74, 6) is -0.362. The van der Waals surface area contributed by atoms with Gasteiger partial charge in [-0.25, -0.2) is 4.72 Å². The van der Waals surface area contributed by atoms with Gasteiger partial charge < -0.3 is 15.0 Å². The zero-order valence-corrected chi connectivity index (χ0v) is 19.8. The first-order chi connectivity index (χ1) is 15.3. The zero-order chi connectivity index (χ0) is 23.3. The van der Waals surface area contributed by atoms with Crippen molar-refractivity contribution >= 4 is 46.5 Å². The van der Waals surface area contributed by atoms with Gasteiger partial charge in [0.2, 0.25) is 5.91 Å². The Bertz CT molecular complexity index is 1130. The van der Waals surface area contributed by atoms with Gasteiger partial charge in [-0.1, -0.05) is 41.9 Å². The number of rotatable bonds is 9. The number of benzene rings is 2. The van der Waals surface area contributed by atoms with Crippen molar-refractivity contribution in [3.05, 3.63) is 69.9 Å². The molecule has 1 atom stereocenters. The molecule has 0 bridgehead atoms. The van der Waals surface area contributed by atoms with Crippen LogP contribution in [0.2, 0.25) is 5.02 Å². The molecule has 1 heterocycles. The quantitative estimate of drug-likeness (QED) is 0.279. The number of fused-ring (bicyclic) bond motifs is 1. The van der Waals surface area contributed by atoms with E-state index in [1.165, 1.54) is 6.92 Å². The minimum Gasteiger partial charge on any atom is -0.392 e. The van der Waals surface area contributed by atoms with Crippen molar-refractivity contribution in [1.29, 1.82) is 0 Å². The van der Waals surface area contributed by atoms with Crippen molar-refractivity contribution in [1.82, 2.24) is 19.3 Å². The van der Waals surface area contributed by atoms with E-state index in [4.69, 9.17) is 11.6 Å². The lowest BCUT2D eigenvalue weighted by Gasteiger charge is -2.20. The number of nitrogens with zero attached hydrogens (tertiary/aromatic N) is 1. The van der Waals surface area contributed by atoms with Gasteiger partial charge in [0, 0.05) is 43.6 Å². The highest BCUT2D eigenvalue weighted by Crippen LogP contribution is 2.29. The van der Waals surface area contributed by atoms with E-state index in [1.54, 1.807) is 0 Å². The number of amides is 2. The Kier molecular flexibility index (Phi) is 8.20. The first-order valence-electron chi connectivity index (χ1n) is 10.2. The van der Waals surface area contributed by atoms with Gasteiger partial charge in [0.1, 0.15) is 5.69 Å². The molecule has 0 radical (unpaired) electrons. The van der Waals surface area contributed by atoms with Gasteiger partial charge in [-0.05, 0) is 42.2 Å². The van der Waals surface area contributed by atoms with Crippen molar-refractivity contribution in [3.63, 3.8) is 0 Å². The van der Waals surface area contributed by atoms with Crippen LogP contribution in [0.25, 0.3) is 10.9 Å². The maximum absolute atomic E-state index is 13.2. The maximum atomic E-state index is 13.2. The number of nitrogens with one attached hydrogen (secondary N) is 3. The Balaban J connectivity index is 1.82. The van der Waals surface area contributed by atoms with Crippen molar-refractivity contribution in [2.45, 2.75) is 32.9 Å². The number of aryl methyl sites for hydroxylation is 2. The molecule has 0 aliphatic carbocycles. The summed E-state index contributed by atoms with van der Waals surface area (Å²) >= 11 is 7.57. The summed E-state index contributed by atoms with van der Waals surface area (Å²) in [6.45, 7) is 3.84. The molecule has 32 heavy (non-hydrogen) atoms. The standard InChI is InChI=1S/C23H27ClN4O3S/c1-14-7-8-20-18(22(14)24)12-21(28(20)3)23(31)26-19(9-10-25-32-27-15(2)30)17-6-4-5-16(11-17)13-29/h4-8,11-12,19,25,29H,9-10,13H2,1-3H3,(H,26,31)(H,27,30). The molecular weight excluding hydrogens is 448 g/mol. The molecule has 0 saturated heterocycles. The number of carbonyl (C=O) groups excluding carboxylic acids is 2.